The standard InChI is InChI=1S/C20H26N4O3.2ClH/c1-14-11-17(15-5-2-7-21-12-15)27-20(26)18(14)19(25)24-10-4-9-23-16-6-3-8-22-13-16;;/h3,6,8,11,13,15,21,23H,2,4-5,7,9-10,12H2,1H3,(H,24,25);2*1H. The Morgan fingerprint density at radius 2 is 2.17 bits per heavy atom. The van der Waals surface area contributed by atoms with Crippen molar-refractivity contribution < 1.29 is 9.21 Å². The van der Waals surface area contributed by atoms with Crippen molar-refractivity contribution in [3.05, 3.63) is 57.9 Å². The molecule has 2 aromatic rings. The summed E-state index contributed by atoms with van der Waals surface area (Å²) in [6.45, 7) is 4.76. The summed E-state index contributed by atoms with van der Waals surface area (Å²) >= 11 is 0. The van der Waals surface area contributed by atoms with Gasteiger partial charge in [0.15, 0.2) is 0 Å². The molecule has 29 heavy (non-hydrogen) atoms. The van der Waals surface area contributed by atoms with Gasteiger partial charge in [-0.2, -0.15) is 0 Å². The zero-order chi connectivity index (χ0) is 19.1. The van der Waals surface area contributed by atoms with Gasteiger partial charge in [0.25, 0.3) is 5.91 Å². The first kappa shape index (κ1) is 24.9. The highest BCUT2D eigenvalue weighted by molar-refractivity contribution is 5.95. The van der Waals surface area contributed by atoms with Crippen LogP contribution in [0.1, 0.15) is 46.9 Å². The lowest BCUT2D eigenvalue weighted by Crippen LogP contribution is -2.32. The van der Waals surface area contributed by atoms with Gasteiger partial charge in [0.2, 0.25) is 0 Å². The average Bonchev–Trinajstić information content (AvgIpc) is 2.68. The van der Waals surface area contributed by atoms with Crippen LogP contribution in [-0.2, 0) is 0 Å². The first-order chi connectivity index (χ1) is 13.1. The molecule has 0 saturated carbocycles. The van der Waals surface area contributed by atoms with Gasteiger partial charge in [-0.25, -0.2) is 4.79 Å². The van der Waals surface area contributed by atoms with Crippen LogP contribution in [0.15, 0.2) is 39.8 Å². The molecule has 1 aliphatic heterocycles. The summed E-state index contributed by atoms with van der Waals surface area (Å²) in [4.78, 5) is 28.8. The van der Waals surface area contributed by atoms with Gasteiger partial charge in [0.1, 0.15) is 11.3 Å². The number of anilines is 1. The SMILES string of the molecule is Cc1cc(C2CCCNC2)oc(=O)c1C(=O)NCCCNc1cccnc1.Cl.Cl. The van der Waals surface area contributed by atoms with Crippen molar-refractivity contribution in [2.75, 3.05) is 31.5 Å². The second-order valence-electron chi connectivity index (χ2n) is 6.82. The van der Waals surface area contributed by atoms with Crippen molar-refractivity contribution in [3.63, 3.8) is 0 Å². The quantitative estimate of drug-likeness (QED) is 0.570. The number of hydrogen-bond acceptors (Lipinski definition) is 6. The van der Waals surface area contributed by atoms with E-state index in [1.54, 1.807) is 19.3 Å². The molecule has 7 nitrogen and oxygen atoms in total. The Balaban J connectivity index is 0.00000210. The maximum Gasteiger partial charge on any atom is 0.349 e. The fraction of sp³-hybridized carbons (Fsp3) is 0.450. The molecule has 1 fully saturated rings. The number of carbonyl (C=O) groups is 1. The van der Waals surface area contributed by atoms with Gasteiger partial charge >= 0.3 is 5.63 Å². The lowest BCUT2D eigenvalue weighted by atomic mass is 9.95. The number of carbonyl (C=O) groups excluding carboxylic acids is 1. The van der Waals surface area contributed by atoms with Gasteiger partial charge in [-0.05, 0) is 56.5 Å². The fourth-order valence-electron chi connectivity index (χ4n) is 3.28. The van der Waals surface area contributed by atoms with E-state index in [-0.39, 0.29) is 42.2 Å². The third-order valence-corrected chi connectivity index (χ3v) is 4.72. The summed E-state index contributed by atoms with van der Waals surface area (Å²) in [5.41, 5.74) is 1.15. The van der Waals surface area contributed by atoms with Crippen LogP contribution >= 0.6 is 24.8 Å². The van der Waals surface area contributed by atoms with Crippen molar-refractivity contribution >= 4 is 36.4 Å². The van der Waals surface area contributed by atoms with Crippen LogP contribution in [0.4, 0.5) is 5.69 Å². The third-order valence-electron chi connectivity index (χ3n) is 4.72. The molecule has 9 heteroatoms. The van der Waals surface area contributed by atoms with Gasteiger partial charge in [0, 0.05) is 37.9 Å². The Kier molecular flexibility index (Phi) is 10.7. The molecule has 2 aromatic heterocycles. The minimum absolute atomic E-state index is 0. The molecule has 1 amide bonds. The molecule has 3 N–H and O–H groups in total. The smallest absolute Gasteiger partial charge is 0.349 e. The van der Waals surface area contributed by atoms with Crippen LogP contribution in [0.3, 0.4) is 0 Å². The van der Waals surface area contributed by atoms with E-state index in [0.29, 0.717) is 24.4 Å². The molecule has 3 heterocycles. The lowest BCUT2D eigenvalue weighted by Gasteiger charge is -2.22. The number of hydrogen-bond donors (Lipinski definition) is 3. The van der Waals surface area contributed by atoms with Crippen molar-refractivity contribution in [2.45, 2.75) is 32.1 Å². The van der Waals surface area contributed by atoms with Gasteiger partial charge in [0.05, 0.1) is 5.69 Å². The van der Waals surface area contributed by atoms with Gasteiger partial charge < -0.3 is 20.4 Å². The van der Waals surface area contributed by atoms with E-state index in [9.17, 15) is 9.59 Å². The summed E-state index contributed by atoms with van der Waals surface area (Å²) in [6, 6.07) is 5.63. The molecule has 1 unspecified atom stereocenters. The average molecular weight is 443 g/mol. The fourth-order valence-corrected chi connectivity index (χ4v) is 3.28. The van der Waals surface area contributed by atoms with Crippen LogP contribution in [0.5, 0.6) is 0 Å². The summed E-state index contributed by atoms with van der Waals surface area (Å²) in [5.74, 6) is 0.485. The van der Waals surface area contributed by atoms with Crippen molar-refractivity contribution in [3.8, 4) is 0 Å². The zero-order valence-electron chi connectivity index (χ0n) is 16.4. The Morgan fingerprint density at radius 3 is 2.83 bits per heavy atom. The number of amides is 1. The number of nitrogens with zero attached hydrogens (tertiary/aromatic N) is 1. The second kappa shape index (κ2) is 12.5. The minimum atomic E-state index is -0.554. The van der Waals surface area contributed by atoms with Gasteiger partial charge in [-0.1, -0.05) is 0 Å². The highest BCUT2D eigenvalue weighted by Crippen LogP contribution is 2.23. The van der Waals surface area contributed by atoms with E-state index in [1.165, 1.54) is 0 Å². The van der Waals surface area contributed by atoms with E-state index < -0.39 is 5.63 Å². The Hall–Kier alpha value is -2.09. The van der Waals surface area contributed by atoms with Crippen molar-refractivity contribution in [1.82, 2.24) is 15.6 Å². The molecule has 1 atom stereocenters. The number of pyridine rings is 1. The van der Waals surface area contributed by atoms with E-state index in [4.69, 9.17) is 4.42 Å². The largest absolute Gasteiger partial charge is 0.427 e. The Labute approximate surface area is 182 Å². The summed E-state index contributed by atoms with van der Waals surface area (Å²) in [7, 11) is 0. The Bertz CT molecular complexity index is 824. The van der Waals surface area contributed by atoms with Crippen molar-refractivity contribution in [1.29, 1.82) is 0 Å². The normalized spacial score (nSPS) is 15.6. The molecule has 160 valence electrons. The number of rotatable bonds is 7. The second-order valence-corrected chi connectivity index (χ2v) is 6.82. The highest BCUT2D eigenvalue weighted by Gasteiger charge is 2.22. The first-order valence-electron chi connectivity index (χ1n) is 9.42. The molecule has 0 radical (unpaired) electrons. The number of aromatic nitrogens is 1. The third kappa shape index (κ3) is 7.03. The number of aryl methyl sites for hydroxylation is 1. The highest BCUT2D eigenvalue weighted by atomic mass is 35.5. The summed E-state index contributed by atoms with van der Waals surface area (Å²) in [5, 5.41) is 9.33. The molecule has 0 bridgehead atoms. The molecule has 3 rings (SSSR count). The van der Waals surface area contributed by atoms with E-state index in [1.807, 2.05) is 18.2 Å². The summed E-state index contributed by atoms with van der Waals surface area (Å²) in [6.07, 6.45) is 6.25. The van der Waals surface area contributed by atoms with Crippen LogP contribution in [0.2, 0.25) is 0 Å². The predicted molar refractivity (Wildman–Crippen MR) is 119 cm³/mol. The van der Waals surface area contributed by atoms with Crippen LogP contribution in [-0.4, -0.2) is 37.1 Å². The van der Waals surface area contributed by atoms with Gasteiger partial charge in [-0.15, -0.1) is 24.8 Å². The number of halogens is 2. The molecule has 0 spiro atoms. The summed E-state index contributed by atoms with van der Waals surface area (Å²) < 4.78 is 5.46. The van der Waals surface area contributed by atoms with E-state index >= 15 is 0 Å². The maximum atomic E-state index is 12.4. The Morgan fingerprint density at radius 1 is 1.34 bits per heavy atom. The molecular formula is C20H28Cl2N4O3. The topological polar surface area (TPSA) is 96.3 Å². The van der Waals surface area contributed by atoms with Crippen LogP contribution in [0.25, 0.3) is 0 Å². The first-order valence-corrected chi connectivity index (χ1v) is 9.42. The number of piperidine rings is 1. The molecule has 0 aromatic carbocycles. The zero-order valence-corrected chi connectivity index (χ0v) is 18.0. The molecule has 1 aliphatic rings. The lowest BCUT2D eigenvalue weighted by molar-refractivity contribution is 0.0948. The predicted octanol–water partition coefficient (Wildman–Crippen LogP) is 2.89. The van der Waals surface area contributed by atoms with E-state index in [0.717, 1.165) is 38.0 Å². The minimum Gasteiger partial charge on any atom is -0.427 e. The van der Waals surface area contributed by atoms with Gasteiger partial charge in [-0.3, -0.25) is 9.78 Å². The maximum absolute atomic E-state index is 12.4. The molecule has 0 aliphatic carbocycles. The van der Waals surface area contributed by atoms with E-state index in [2.05, 4.69) is 20.9 Å². The van der Waals surface area contributed by atoms with Crippen LogP contribution < -0.4 is 21.6 Å². The monoisotopic (exact) mass is 442 g/mol. The van der Waals surface area contributed by atoms with Crippen molar-refractivity contribution in [2.24, 2.45) is 0 Å². The molecular weight excluding hydrogens is 415 g/mol. The van der Waals surface area contributed by atoms with Crippen LogP contribution in [0, 0.1) is 6.92 Å². The molecule has 1 saturated heterocycles. The number of nitrogens with one attached hydrogen (secondary N) is 3.